The van der Waals surface area contributed by atoms with Gasteiger partial charge in [0.1, 0.15) is 5.82 Å². The summed E-state index contributed by atoms with van der Waals surface area (Å²) in [5, 5.41) is 3.25. The summed E-state index contributed by atoms with van der Waals surface area (Å²) in [6, 6.07) is 13.3. The predicted molar refractivity (Wildman–Crippen MR) is 86.6 cm³/mol. The molecule has 0 aliphatic heterocycles. The molecular formula is C17H19BrFN. The maximum atomic E-state index is 13.6. The monoisotopic (exact) mass is 335 g/mol. The molecule has 0 bridgehead atoms. The van der Waals surface area contributed by atoms with Gasteiger partial charge in [-0.2, -0.15) is 0 Å². The Balaban J connectivity index is 2.06. The van der Waals surface area contributed by atoms with Crippen molar-refractivity contribution in [2.24, 2.45) is 0 Å². The molecule has 0 unspecified atom stereocenters. The summed E-state index contributed by atoms with van der Waals surface area (Å²) in [5.74, 6) is -0.188. The minimum atomic E-state index is -0.188. The second-order valence-electron chi connectivity index (χ2n) is 5.92. The Morgan fingerprint density at radius 1 is 1.05 bits per heavy atom. The van der Waals surface area contributed by atoms with E-state index >= 15 is 0 Å². The molecule has 0 aromatic heterocycles. The number of benzene rings is 2. The minimum absolute atomic E-state index is 0.148. The highest BCUT2D eigenvalue weighted by molar-refractivity contribution is 9.10. The fourth-order valence-electron chi connectivity index (χ4n) is 1.96. The van der Waals surface area contributed by atoms with Crippen LogP contribution in [0.4, 0.5) is 10.1 Å². The second kappa shape index (κ2) is 5.96. The molecule has 1 nitrogen and oxygen atoms in total. The van der Waals surface area contributed by atoms with E-state index in [4.69, 9.17) is 0 Å². The van der Waals surface area contributed by atoms with Gasteiger partial charge in [0.2, 0.25) is 0 Å². The van der Waals surface area contributed by atoms with Gasteiger partial charge in [-0.1, -0.05) is 48.8 Å². The average molecular weight is 336 g/mol. The van der Waals surface area contributed by atoms with Gasteiger partial charge < -0.3 is 5.32 Å². The minimum Gasteiger partial charge on any atom is -0.381 e. The second-order valence-corrected chi connectivity index (χ2v) is 6.83. The Hall–Kier alpha value is -1.35. The molecular weight excluding hydrogens is 317 g/mol. The molecule has 0 radical (unpaired) electrons. The van der Waals surface area contributed by atoms with Crippen molar-refractivity contribution in [1.82, 2.24) is 0 Å². The fraction of sp³-hybridized carbons (Fsp3) is 0.294. The molecule has 0 fully saturated rings. The van der Waals surface area contributed by atoms with E-state index in [1.165, 1.54) is 11.6 Å². The molecule has 2 rings (SSSR count). The van der Waals surface area contributed by atoms with Crippen LogP contribution in [0.1, 0.15) is 31.9 Å². The number of rotatable bonds is 3. The highest BCUT2D eigenvalue weighted by Gasteiger charge is 2.12. The summed E-state index contributed by atoms with van der Waals surface area (Å²) in [5.41, 5.74) is 3.09. The zero-order valence-corrected chi connectivity index (χ0v) is 13.6. The van der Waals surface area contributed by atoms with E-state index in [1.54, 1.807) is 12.1 Å². The van der Waals surface area contributed by atoms with Crippen LogP contribution in [0.5, 0.6) is 0 Å². The number of nitrogens with one attached hydrogen (secondary N) is 1. The first-order chi connectivity index (χ1) is 9.36. The normalized spacial score (nSPS) is 11.4. The van der Waals surface area contributed by atoms with Gasteiger partial charge in [0.25, 0.3) is 0 Å². The molecule has 0 aliphatic carbocycles. The third-order valence-electron chi connectivity index (χ3n) is 3.24. The van der Waals surface area contributed by atoms with Gasteiger partial charge in [-0.15, -0.1) is 0 Å². The number of hydrogen-bond acceptors (Lipinski definition) is 1. The summed E-state index contributed by atoms with van der Waals surface area (Å²) in [6.07, 6.45) is 0. The Bertz CT molecular complexity index is 585. The van der Waals surface area contributed by atoms with Crippen LogP contribution in [0.3, 0.4) is 0 Å². The third kappa shape index (κ3) is 3.83. The first-order valence-electron chi connectivity index (χ1n) is 6.64. The number of hydrogen-bond donors (Lipinski definition) is 1. The summed E-state index contributed by atoms with van der Waals surface area (Å²) < 4.78 is 14.5. The molecule has 2 aromatic carbocycles. The van der Waals surface area contributed by atoms with Crippen LogP contribution in [0.25, 0.3) is 0 Å². The predicted octanol–water partition coefficient (Wildman–Crippen LogP) is 5.50. The molecule has 0 atom stereocenters. The lowest BCUT2D eigenvalue weighted by Gasteiger charge is -2.19. The van der Waals surface area contributed by atoms with E-state index in [0.717, 1.165) is 10.2 Å². The topological polar surface area (TPSA) is 12.0 Å². The maximum Gasteiger partial charge on any atom is 0.128 e. The Morgan fingerprint density at radius 3 is 2.30 bits per heavy atom. The molecule has 0 aliphatic rings. The molecule has 1 N–H and O–H groups in total. The van der Waals surface area contributed by atoms with Gasteiger partial charge in [0.15, 0.2) is 0 Å². The van der Waals surface area contributed by atoms with E-state index in [2.05, 4.69) is 54.2 Å². The molecule has 106 valence electrons. The van der Waals surface area contributed by atoms with Crippen molar-refractivity contribution >= 4 is 21.6 Å². The first kappa shape index (κ1) is 15.0. The van der Waals surface area contributed by atoms with Gasteiger partial charge in [-0.25, -0.2) is 4.39 Å². The summed E-state index contributed by atoms with van der Waals surface area (Å²) in [7, 11) is 0. The van der Waals surface area contributed by atoms with Gasteiger partial charge in [-0.3, -0.25) is 0 Å². The lowest BCUT2D eigenvalue weighted by atomic mass is 9.87. The van der Waals surface area contributed by atoms with Crippen molar-refractivity contribution in [2.75, 3.05) is 5.32 Å². The van der Waals surface area contributed by atoms with E-state index in [1.807, 2.05) is 12.1 Å². The van der Waals surface area contributed by atoms with Crippen LogP contribution >= 0.6 is 15.9 Å². The smallest absolute Gasteiger partial charge is 0.128 e. The van der Waals surface area contributed by atoms with Crippen molar-refractivity contribution in [3.63, 3.8) is 0 Å². The lowest BCUT2D eigenvalue weighted by Crippen LogP contribution is -2.10. The van der Waals surface area contributed by atoms with Crippen molar-refractivity contribution < 1.29 is 4.39 Å². The molecule has 0 spiro atoms. The van der Waals surface area contributed by atoms with E-state index in [0.29, 0.717) is 12.1 Å². The molecule has 3 heteroatoms. The van der Waals surface area contributed by atoms with Crippen LogP contribution in [-0.4, -0.2) is 0 Å². The van der Waals surface area contributed by atoms with Crippen LogP contribution in [0.15, 0.2) is 46.9 Å². The molecule has 0 saturated heterocycles. The van der Waals surface area contributed by atoms with Crippen LogP contribution in [0, 0.1) is 5.82 Å². The SMILES string of the molecule is CC(C)(C)c1ccc(NCc2cc(Br)ccc2F)cc1. The molecule has 0 heterocycles. The van der Waals surface area contributed by atoms with Crippen LogP contribution in [-0.2, 0) is 12.0 Å². The van der Waals surface area contributed by atoms with Gasteiger partial charge in [-0.05, 0) is 41.3 Å². The zero-order chi connectivity index (χ0) is 14.8. The Morgan fingerprint density at radius 2 is 1.70 bits per heavy atom. The highest BCUT2D eigenvalue weighted by atomic mass is 79.9. The highest BCUT2D eigenvalue weighted by Crippen LogP contribution is 2.24. The van der Waals surface area contributed by atoms with E-state index < -0.39 is 0 Å². The Labute approximate surface area is 128 Å². The first-order valence-corrected chi connectivity index (χ1v) is 7.44. The molecule has 20 heavy (non-hydrogen) atoms. The van der Waals surface area contributed by atoms with E-state index in [9.17, 15) is 4.39 Å². The van der Waals surface area contributed by atoms with Crippen molar-refractivity contribution in [3.8, 4) is 0 Å². The van der Waals surface area contributed by atoms with Gasteiger partial charge in [0.05, 0.1) is 0 Å². The Kier molecular flexibility index (Phi) is 4.48. The summed E-state index contributed by atoms with van der Waals surface area (Å²) in [4.78, 5) is 0. The quantitative estimate of drug-likeness (QED) is 0.781. The summed E-state index contributed by atoms with van der Waals surface area (Å²) in [6.45, 7) is 7.03. The van der Waals surface area contributed by atoms with Crippen molar-refractivity contribution in [2.45, 2.75) is 32.7 Å². The van der Waals surface area contributed by atoms with Crippen molar-refractivity contribution in [3.05, 3.63) is 63.9 Å². The maximum absolute atomic E-state index is 13.6. The largest absolute Gasteiger partial charge is 0.381 e. The summed E-state index contributed by atoms with van der Waals surface area (Å²) >= 11 is 3.36. The van der Waals surface area contributed by atoms with Crippen LogP contribution < -0.4 is 5.32 Å². The number of anilines is 1. The van der Waals surface area contributed by atoms with Gasteiger partial charge >= 0.3 is 0 Å². The number of halogens is 2. The van der Waals surface area contributed by atoms with Crippen molar-refractivity contribution in [1.29, 1.82) is 0 Å². The standard InChI is InChI=1S/C17H19BrFN/c1-17(2,3)13-4-7-15(8-5-13)20-11-12-10-14(18)6-9-16(12)19/h4-10,20H,11H2,1-3H3. The third-order valence-corrected chi connectivity index (χ3v) is 3.73. The molecule has 0 saturated carbocycles. The average Bonchev–Trinajstić information content (AvgIpc) is 2.39. The van der Waals surface area contributed by atoms with E-state index in [-0.39, 0.29) is 11.2 Å². The van der Waals surface area contributed by atoms with Crippen LogP contribution in [0.2, 0.25) is 0 Å². The van der Waals surface area contributed by atoms with Gasteiger partial charge in [0, 0.05) is 22.3 Å². The molecule has 2 aromatic rings. The zero-order valence-electron chi connectivity index (χ0n) is 12.0. The fourth-order valence-corrected chi connectivity index (χ4v) is 2.37. The lowest BCUT2D eigenvalue weighted by molar-refractivity contribution is 0.590. The molecule has 0 amide bonds.